The topological polar surface area (TPSA) is 50.4 Å². The Balaban J connectivity index is 1.28. The number of hydrogen-bond acceptors (Lipinski definition) is 3. The molecule has 4 aliphatic carbocycles. The van der Waals surface area contributed by atoms with Crippen molar-refractivity contribution in [2.45, 2.75) is 76.5 Å². The highest BCUT2D eigenvalue weighted by Crippen LogP contribution is 2.63. The summed E-state index contributed by atoms with van der Waals surface area (Å²) < 4.78 is 5.62. The van der Waals surface area contributed by atoms with Crippen molar-refractivity contribution in [3.05, 3.63) is 27.8 Å². The average Bonchev–Trinajstić information content (AvgIpc) is 3.39. The molecule has 1 heterocycles. The molecular weight excluding hydrogens is 300 g/mol. The van der Waals surface area contributed by atoms with Gasteiger partial charge in [0, 0.05) is 18.4 Å². The molecule has 5 rings (SSSR count). The van der Waals surface area contributed by atoms with Gasteiger partial charge in [-0.05, 0) is 87.4 Å². The fourth-order valence-corrected chi connectivity index (χ4v) is 5.07. The third-order valence-electron chi connectivity index (χ3n) is 7.04. The molecule has 1 aromatic heterocycles. The summed E-state index contributed by atoms with van der Waals surface area (Å²) in [4.78, 5) is 12.5. The van der Waals surface area contributed by atoms with Gasteiger partial charge in [0.05, 0.1) is 5.56 Å². The lowest BCUT2D eigenvalue weighted by molar-refractivity contribution is 0.363. The minimum Gasteiger partial charge on any atom is -0.507 e. The highest BCUT2D eigenvalue weighted by atomic mass is 16.4. The zero-order valence-corrected chi connectivity index (χ0v) is 14.4. The van der Waals surface area contributed by atoms with Crippen LogP contribution < -0.4 is 5.63 Å². The second kappa shape index (κ2) is 5.37. The number of aromatic hydroxyl groups is 1. The fraction of sp³-hybridized carbons (Fsp3) is 0.762. The molecule has 0 unspecified atom stereocenters. The van der Waals surface area contributed by atoms with Crippen molar-refractivity contribution in [1.29, 1.82) is 0 Å². The summed E-state index contributed by atoms with van der Waals surface area (Å²) in [5.74, 6) is 3.32. The number of hydrogen-bond donors (Lipinski definition) is 1. The van der Waals surface area contributed by atoms with Gasteiger partial charge in [-0.3, -0.25) is 0 Å². The molecule has 0 aromatic carbocycles. The van der Waals surface area contributed by atoms with E-state index >= 15 is 0 Å². The summed E-state index contributed by atoms with van der Waals surface area (Å²) in [5.41, 5.74) is 0.961. The van der Waals surface area contributed by atoms with E-state index in [0.29, 0.717) is 28.6 Å². The van der Waals surface area contributed by atoms with E-state index in [1.807, 2.05) is 0 Å². The summed E-state index contributed by atoms with van der Waals surface area (Å²) in [6, 6.07) is 1.74. The predicted molar refractivity (Wildman–Crippen MR) is 92.2 cm³/mol. The van der Waals surface area contributed by atoms with Gasteiger partial charge in [-0.15, -0.1) is 0 Å². The van der Waals surface area contributed by atoms with Crippen LogP contribution in [0.2, 0.25) is 0 Å². The molecule has 0 spiro atoms. The second-order valence-corrected chi connectivity index (χ2v) is 8.99. The monoisotopic (exact) mass is 328 g/mol. The molecule has 0 amide bonds. The molecule has 0 radical (unpaired) electrons. The van der Waals surface area contributed by atoms with Gasteiger partial charge in [0.25, 0.3) is 0 Å². The number of rotatable bonds is 8. The van der Waals surface area contributed by atoms with Gasteiger partial charge in [0.15, 0.2) is 0 Å². The van der Waals surface area contributed by atoms with E-state index < -0.39 is 0 Å². The van der Waals surface area contributed by atoms with E-state index in [9.17, 15) is 9.90 Å². The van der Waals surface area contributed by atoms with Crippen LogP contribution in [-0.2, 0) is 6.42 Å². The summed E-state index contributed by atoms with van der Waals surface area (Å²) in [6.07, 6.45) is 13.6. The fourth-order valence-electron chi connectivity index (χ4n) is 5.07. The predicted octanol–water partition coefficient (Wildman–Crippen LogP) is 4.76. The molecule has 0 bridgehead atoms. The zero-order chi connectivity index (χ0) is 16.3. The highest BCUT2D eigenvalue weighted by molar-refractivity contribution is 5.35. The molecular formula is C21H28O3. The van der Waals surface area contributed by atoms with Crippen LogP contribution in [-0.4, -0.2) is 5.11 Å². The molecule has 0 saturated heterocycles. The first-order valence-corrected chi connectivity index (χ1v) is 10.0. The molecule has 4 fully saturated rings. The maximum atomic E-state index is 12.5. The molecule has 4 aliphatic rings. The van der Waals surface area contributed by atoms with Crippen LogP contribution in [0.25, 0.3) is 0 Å². The standard InChI is InChI=1S/C21H28O3/c22-17-12-16(2-1-9-21(10-11-21)15-7-8-15)24-20(23)19(17)18(13-3-4-13)14-5-6-14/h12-15,18,22H,1-11H2. The Kier molecular flexibility index (Phi) is 3.37. The quantitative estimate of drug-likeness (QED) is 0.748. The maximum Gasteiger partial charge on any atom is 0.343 e. The van der Waals surface area contributed by atoms with Crippen LogP contribution in [0.1, 0.15) is 81.4 Å². The lowest BCUT2D eigenvalue weighted by atomic mass is 9.89. The molecule has 3 heteroatoms. The van der Waals surface area contributed by atoms with Crippen molar-refractivity contribution in [3.63, 3.8) is 0 Å². The third-order valence-corrected chi connectivity index (χ3v) is 7.04. The third kappa shape index (κ3) is 2.80. The smallest absolute Gasteiger partial charge is 0.343 e. The molecule has 130 valence electrons. The van der Waals surface area contributed by atoms with Crippen molar-refractivity contribution in [2.75, 3.05) is 0 Å². The van der Waals surface area contributed by atoms with Crippen molar-refractivity contribution in [2.24, 2.45) is 23.2 Å². The van der Waals surface area contributed by atoms with Crippen molar-refractivity contribution >= 4 is 0 Å². The first-order chi connectivity index (χ1) is 11.7. The molecule has 24 heavy (non-hydrogen) atoms. The first-order valence-electron chi connectivity index (χ1n) is 10.0. The molecule has 0 atom stereocenters. The van der Waals surface area contributed by atoms with E-state index in [1.165, 1.54) is 57.8 Å². The van der Waals surface area contributed by atoms with Crippen LogP contribution in [0.5, 0.6) is 5.75 Å². The van der Waals surface area contributed by atoms with Crippen molar-refractivity contribution < 1.29 is 9.52 Å². The summed E-state index contributed by atoms with van der Waals surface area (Å²) in [5, 5.41) is 10.5. The Labute approximate surface area is 143 Å². The van der Waals surface area contributed by atoms with Gasteiger partial charge in [-0.2, -0.15) is 0 Å². The Morgan fingerprint density at radius 1 is 1.12 bits per heavy atom. The largest absolute Gasteiger partial charge is 0.507 e. The second-order valence-electron chi connectivity index (χ2n) is 8.99. The molecule has 4 saturated carbocycles. The molecule has 1 aromatic rings. The van der Waals surface area contributed by atoms with Gasteiger partial charge < -0.3 is 9.52 Å². The molecule has 3 nitrogen and oxygen atoms in total. The van der Waals surface area contributed by atoms with E-state index in [1.54, 1.807) is 6.07 Å². The van der Waals surface area contributed by atoms with Crippen molar-refractivity contribution in [3.8, 4) is 5.75 Å². The van der Waals surface area contributed by atoms with Gasteiger partial charge in [0.1, 0.15) is 11.5 Å². The van der Waals surface area contributed by atoms with Gasteiger partial charge in [-0.1, -0.05) is 0 Å². The SMILES string of the molecule is O=c1oc(CCCC2(C3CC3)CC2)cc(O)c1C(C1CC1)C1CC1. The van der Waals surface area contributed by atoms with Crippen LogP contribution >= 0.6 is 0 Å². The van der Waals surface area contributed by atoms with Crippen LogP contribution in [0.4, 0.5) is 0 Å². The minimum absolute atomic E-state index is 0.202. The number of aryl methyl sites for hydroxylation is 1. The maximum absolute atomic E-state index is 12.5. The first kappa shape index (κ1) is 15.0. The summed E-state index contributed by atoms with van der Waals surface area (Å²) >= 11 is 0. The average molecular weight is 328 g/mol. The van der Waals surface area contributed by atoms with Crippen LogP contribution in [0.3, 0.4) is 0 Å². The van der Waals surface area contributed by atoms with Crippen LogP contribution in [0, 0.1) is 23.2 Å². The van der Waals surface area contributed by atoms with E-state index in [4.69, 9.17) is 4.42 Å². The van der Waals surface area contributed by atoms with E-state index in [0.717, 1.165) is 18.8 Å². The van der Waals surface area contributed by atoms with Crippen LogP contribution in [0.15, 0.2) is 15.3 Å². The molecule has 0 aliphatic heterocycles. The van der Waals surface area contributed by atoms with E-state index in [-0.39, 0.29) is 17.3 Å². The lowest BCUT2D eigenvalue weighted by Crippen LogP contribution is -2.17. The van der Waals surface area contributed by atoms with Gasteiger partial charge in [0.2, 0.25) is 0 Å². The van der Waals surface area contributed by atoms with Gasteiger partial charge in [-0.25, -0.2) is 4.79 Å². The zero-order valence-electron chi connectivity index (χ0n) is 14.4. The lowest BCUT2D eigenvalue weighted by Gasteiger charge is -2.16. The Hall–Kier alpha value is -1.25. The van der Waals surface area contributed by atoms with E-state index in [2.05, 4.69) is 0 Å². The van der Waals surface area contributed by atoms with Crippen molar-refractivity contribution in [1.82, 2.24) is 0 Å². The highest BCUT2D eigenvalue weighted by Gasteiger charge is 2.52. The Morgan fingerprint density at radius 2 is 1.79 bits per heavy atom. The Morgan fingerprint density at radius 3 is 2.29 bits per heavy atom. The summed E-state index contributed by atoms with van der Waals surface area (Å²) in [7, 11) is 0. The summed E-state index contributed by atoms with van der Waals surface area (Å²) in [6.45, 7) is 0. The minimum atomic E-state index is -0.267. The van der Waals surface area contributed by atoms with Gasteiger partial charge >= 0.3 is 5.63 Å². The Bertz CT molecular complexity index is 676. The molecule has 1 N–H and O–H groups in total. The normalized spacial score (nSPS) is 25.2.